The summed E-state index contributed by atoms with van der Waals surface area (Å²) >= 11 is 0. The van der Waals surface area contributed by atoms with Gasteiger partial charge in [-0.3, -0.25) is 4.79 Å². The van der Waals surface area contributed by atoms with Crippen molar-refractivity contribution in [3.8, 4) is 0 Å². The van der Waals surface area contributed by atoms with Gasteiger partial charge in [0.05, 0.1) is 32.0 Å². The molecule has 2 fully saturated rings. The Morgan fingerprint density at radius 3 is 1.08 bits per heavy atom. The Morgan fingerprint density at radius 1 is 0.363 bits per heavy atom. The summed E-state index contributed by atoms with van der Waals surface area (Å²) in [4.78, 5) is 13.4. The minimum absolute atomic E-state index is 0.252. The second-order valence-electron chi connectivity index (χ2n) is 28.5. The lowest BCUT2D eigenvalue weighted by atomic mass is 9.97. The number of nitrogens with one attached hydrogen (secondary N) is 1. The molecule has 1 amide bonds. The van der Waals surface area contributed by atoms with Crippen LogP contribution in [0.3, 0.4) is 0 Å². The standard InChI is InChI=1S/C88H151NO13/c1-3-5-7-9-11-13-15-17-19-21-23-25-27-29-31-32-33-34-35-36-37-38-39-40-41-42-43-44-46-48-50-52-54-56-58-60-62-64-66-68-70-72-80(93)89-76(75-99-87-85(98)83(96)86(79(74-91)101-87)102-88-84(97)82(95)81(94)78(73-90)100-88)77(92)71-69-67-65-63-61-59-57-55-53-51-49-47-45-30-28-26-24-22-20-18-16-14-12-10-8-6-4-2/h5,7,11,13,17,19,23,25,29,31,33-34,36-37,39-40,42-43,61,63,69,71,76-79,81-88,90-92,94-98H,3-4,6,8-10,12,14-16,18,20-22,24,26-28,30,32,35,38,41,44-60,62,64-68,70,72-75H2,1-2H3,(H,89,93)/b7-5-,13-11-,19-17-,25-23-,31-29-,34-33-,37-36-,40-39-,43-42-,63-61+,71-69+. The zero-order valence-electron chi connectivity index (χ0n) is 64.3. The maximum Gasteiger partial charge on any atom is 0.220 e. The van der Waals surface area contributed by atoms with Crippen molar-refractivity contribution >= 4 is 5.91 Å². The number of rotatable bonds is 68. The molecule has 0 bridgehead atoms. The van der Waals surface area contributed by atoms with Crippen LogP contribution >= 0.6 is 0 Å². The Hall–Kier alpha value is -3.87. The molecular formula is C88H151NO13. The van der Waals surface area contributed by atoms with Gasteiger partial charge in [0.15, 0.2) is 12.6 Å². The van der Waals surface area contributed by atoms with Gasteiger partial charge in [-0.1, -0.05) is 347 Å². The Labute approximate surface area is 621 Å². The molecule has 2 heterocycles. The molecule has 0 radical (unpaired) electrons. The van der Waals surface area contributed by atoms with E-state index in [4.69, 9.17) is 18.9 Å². The van der Waals surface area contributed by atoms with Crippen LogP contribution in [0.2, 0.25) is 0 Å². The monoisotopic (exact) mass is 1430 g/mol. The minimum Gasteiger partial charge on any atom is -0.394 e. The number of carbonyl (C=O) groups excluding carboxylic acids is 1. The van der Waals surface area contributed by atoms with Crippen LogP contribution in [0.1, 0.15) is 322 Å². The van der Waals surface area contributed by atoms with E-state index in [-0.39, 0.29) is 18.9 Å². The summed E-state index contributed by atoms with van der Waals surface area (Å²) in [7, 11) is 0. The summed E-state index contributed by atoms with van der Waals surface area (Å²) in [6.07, 6.45) is 88.2. The minimum atomic E-state index is -1.80. The van der Waals surface area contributed by atoms with E-state index in [1.54, 1.807) is 6.08 Å². The Morgan fingerprint density at radius 2 is 0.686 bits per heavy atom. The van der Waals surface area contributed by atoms with Crippen LogP contribution in [0.5, 0.6) is 0 Å². The first-order chi connectivity index (χ1) is 50.1. The number of carbonyl (C=O) groups is 1. The summed E-state index contributed by atoms with van der Waals surface area (Å²) in [6, 6.07) is -0.942. The molecule has 12 unspecified atom stereocenters. The molecular weight excluding hydrogens is 1280 g/mol. The zero-order valence-corrected chi connectivity index (χ0v) is 64.3. The molecule has 14 heteroatoms. The average Bonchev–Trinajstić information content (AvgIpc) is 0.790. The van der Waals surface area contributed by atoms with Crippen LogP contribution in [-0.4, -0.2) is 140 Å². The maximum atomic E-state index is 13.4. The number of allylic oxidation sites excluding steroid dienone is 21. The fraction of sp³-hybridized carbons (Fsp3) is 0.739. The fourth-order valence-corrected chi connectivity index (χ4v) is 12.8. The molecule has 0 saturated carbocycles. The van der Waals surface area contributed by atoms with Crippen molar-refractivity contribution in [1.82, 2.24) is 5.32 Å². The van der Waals surface area contributed by atoms with Gasteiger partial charge >= 0.3 is 0 Å². The average molecular weight is 1430 g/mol. The van der Waals surface area contributed by atoms with Gasteiger partial charge in [-0.15, -0.1) is 0 Å². The summed E-state index contributed by atoms with van der Waals surface area (Å²) in [5.41, 5.74) is 0. The summed E-state index contributed by atoms with van der Waals surface area (Å²) in [6.45, 7) is 2.70. The van der Waals surface area contributed by atoms with Crippen molar-refractivity contribution < 1.29 is 64.6 Å². The van der Waals surface area contributed by atoms with Gasteiger partial charge in [-0.05, 0) is 103 Å². The molecule has 14 nitrogen and oxygen atoms in total. The lowest BCUT2D eigenvalue weighted by molar-refractivity contribution is -0.359. The number of unbranched alkanes of at least 4 members (excludes halogenated alkanes) is 35. The van der Waals surface area contributed by atoms with Crippen molar-refractivity contribution in [2.75, 3.05) is 19.8 Å². The molecule has 2 aliphatic heterocycles. The fourth-order valence-electron chi connectivity index (χ4n) is 12.8. The largest absolute Gasteiger partial charge is 0.394 e. The molecule has 2 rings (SSSR count). The van der Waals surface area contributed by atoms with Crippen LogP contribution in [0.15, 0.2) is 134 Å². The number of amides is 1. The van der Waals surface area contributed by atoms with E-state index >= 15 is 0 Å². The van der Waals surface area contributed by atoms with Crippen molar-refractivity contribution in [2.45, 2.75) is 396 Å². The predicted octanol–water partition coefficient (Wildman–Crippen LogP) is 19.4. The van der Waals surface area contributed by atoms with Crippen LogP contribution in [0, 0.1) is 0 Å². The predicted molar refractivity (Wildman–Crippen MR) is 424 cm³/mol. The van der Waals surface area contributed by atoms with Crippen molar-refractivity contribution in [1.29, 1.82) is 0 Å². The maximum absolute atomic E-state index is 13.4. The molecule has 0 aromatic heterocycles. The highest BCUT2D eigenvalue weighted by molar-refractivity contribution is 5.76. The molecule has 0 spiro atoms. The molecule has 0 aliphatic carbocycles. The second kappa shape index (κ2) is 70.1. The molecule has 586 valence electrons. The van der Waals surface area contributed by atoms with Gasteiger partial charge in [0.2, 0.25) is 5.91 Å². The SMILES string of the molecule is CC/C=C\C/C=C\C/C=C\C/C=C\C/C=C\C/C=C\C/C=C\C/C=C\C/C=C\CCCCCCCCCCCCCCCC(=O)NC(COC1OC(CO)C(OC2OC(CO)C(O)C(O)C2O)C(O)C1O)C(O)/C=C/CC/C=C/CCCCCCCCCCCCCCCCCCCCCCC. The van der Waals surface area contributed by atoms with Crippen LogP contribution in [0.4, 0.5) is 0 Å². The number of ether oxygens (including phenoxy) is 4. The van der Waals surface area contributed by atoms with Crippen molar-refractivity contribution in [3.63, 3.8) is 0 Å². The van der Waals surface area contributed by atoms with Crippen LogP contribution < -0.4 is 5.32 Å². The summed E-state index contributed by atoms with van der Waals surface area (Å²) in [5, 5.41) is 87.7. The van der Waals surface area contributed by atoms with E-state index < -0.39 is 86.8 Å². The third kappa shape index (κ3) is 52.2. The third-order valence-electron chi connectivity index (χ3n) is 19.3. The number of hydrogen-bond acceptors (Lipinski definition) is 13. The van der Waals surface area contributed by atoms with Gasteiger partial charge in [0.25, 0.3) is 0 Å². The summed E-state index contributed by atoms with van der Waals surface area (Å²) in [5.74, 6) is -0.252. The lowest BCUT2D eigenvalue weighted by Gasteiger charge is -2.46. The molecule has 0 aromatic rings. The van der Waals surface area contributed by atoms with Gasteiger partial charge in [-0.2, -0.15) is 0 Å². The third-order valence-corrected chi connectivity index (χ3v) is 19.3. The first kappa shape index (κ1) is 94.2. The highest BCUT2D eigenvalue weighted by Crippen LogP contribution is 2.30. The zero-order chi connectivity index (χ0) is 73.7. The topological polar surface area (TPSA) is 228 Å². The first-order valence-electron chi connectivity index (χ1n) is 41.4. The van der Waals surface area contributed by atoms with Crippen LogP contribution in [0.25, 0.3) is 0 Å². The normalized spacial score (nSPS) is 22.4. The highest BCUT2D eigenvalue weighted by atomic mass is 16.7. The smallest absolute Gasteiger partial charge is 0.220 e. The Balaban J connectivity index is 1.62. The van der Waals surface area contributed by atoms with Gasteiger partial charge in [0.1, 0.15) is 48.8 Å². The number of aliphatic hydroxyl groups excluding tert-OH is 8. The quantitative estimate of drug-likeness (QED) is 0.0204. The van der Waals surface area contributed by atoms with E-state index in [9.17, 15) is 45.6 Å². The van der Waals surface area contributed by atoms with E-state index in [1.165, 1.54) is 193 Å². The molecule has 0 aromatic carbocycles. The molecule has 102 heavy (non-hydrogen) atoms. The number of aliphatic hydroxyl groups is 8. The van der Waals surface area contributed by atoms with Crippen molar-refractivity contribution in [2.24, 2.45) is 0 Å². The Bertz CT molecular complexity index is 2230. The van der Waals surface area contributed by atoms with E-state index in [0.29, 0.717) is 12.8 Å². The number of hydrogen-bond donors (Lipinski definition) is 9. The molecule has 2 aliphatic rings. The molecule has 9 N–H and O–H groups in total. The van der Waals surface area contributed by atoms with E-state index in [2.05, 4.69) is 141 Å². The van der Waals surface area contributed by atoms with Gasteiger partial charge < -0.3 is 65.1 Å². The first-order valence-corrected chi connectivity index (χ1v) is 41.4. The van der Waals surface area contributed by atoms with Crippen molar-refractivity contribution in [3.05, 3.63) is 134 Å². The lowest BCUT2D eigenvalue weighted by Crippen LogP contribution is -2.65. The summed E-state index contributed by atoms with van der Waals surface area (Å²) < 4.78 is 22.9. The highest BCUT2D eigenvalue weighted by Gasteiger charge is 2.51. The van der Waals surface area contributed by atoms with Gasteiger partial charge in [0, 0.05) is 6.42 Å². The second-order valence-corrected chi connectivity index (χ2v) is 28.5. The van der Waals surface area contributed by atoms with Crippen LogP contribution in [-0.2, 0) is 23.7 Å². The Kier molecular flexibility index (Phi) is 64.8. The molecule has 12 atom stereocenters. The van der Waals surface area contributed by atoms with E-state index in [1.807, 2.05) is 6.08 Å². The van der Waals surface area contributed by atoms with E-state index in [0.717, 1.165) is 96.3 Å². The molecule has 2 saturated heterocycles. The van der Waals surface area contributed by atoms with Gasteiger partial charge in [-0.25, -0.2) is 0 Å².